The first kappa shape index (κ1) is 8.19. The molecule has 0 N–H and O–H groups in total. The molecule has 1 aliphatic rings. The first-order valence-electron chi connectivity index (χ1n) is 3.72. The zero-order valence-electron chi connectivity index (χ0n) is 6.70. The summed E-state index contributed by atoms with van der Waals surface area (Å²) in [7, 11) is -2.84. The largest absolute Gasteiger partial charge is 0.245 e. The number of thiazole rings is 1. The number of rotatable bonds is 0. The molecule has 2 heterocycles. The Labute approximate surface area is 75.4 Å². The minimum atomic E-state index is -2.84. The lowest BCUT2D eigenvalue weighted by atomic mass is 10.3. The topological polar surface area (TPSA) is 47.0 Å². The molecule has 1 aromatic rings. The average Bonchev–Trinajstić information content (AvgIpc) is 2.26. The highest BCUT2D eigenvalue weighted by atomic mass is 32.2. The first-order valence-corrected chi connectivity index (χ1v) is 6.36. The fraction of sp³-hybridized carbons (Fsp3) is 0.571. The molecule has 1 aromatic heterocycles. The van der Waals surface area contributed by atoms with Crippen LogP contribution in [0.1, 0.15) is 15.6 Å². The van der Waals surface area contributed by atoms with Gasteiger partial charge >= 0.3 is 0 Å². The van der Waals surface area contributed by atoms with Crippen molar-refractivity contribution in [2.45, 2.75) is 19.1 Å². The molecule has 3 nitrogen and oxygen atoms in total. The summed E-state index contributed by atoms with van der Waals surface area (Å²) >= 11 is 1.62. The second-order valence-electron chi connectivity index (χ2n) is 2.94. The first-order chi connectivity index (χ1) is 5.57. The molecule has 5 heteroatoms. The molecule has 66 valence electrons. The Bertz CT molecular complexity index is 405. The van der Waals surface area contributed by atoms with E-state index in [9.17, 15) is 8.42 Å². The monoisotopic (exact) mass is 203 g/mol. The van der Waals surface area contributed by atoms with Gasteiger partial charge in [0.1, 0.15) is 0 Å². The van der Waals surface area contributed by atoms with Crippen molar-refractivity contribution >= 4 is 21.2 Å². The molecule has 0 fully saturated rings. The van der Waals surface area contributed by atoms with Crippen LogP contribution in [0.2, 0.25) is 0 Å². The van der Waals surface area contributed by atoms with Gasteiger partial charge in [0, 0.05) is 4.88 Å². The van der Waals surface area contributed by atoms with Gasteiger partial charge in [0.25, 0.3) is 0 Å². The molecule has 0 spiro atoms. The van der Waals surface area contributed by atoms with Crippen LogP contribution < -0.4 is 0 Å². The molecular weight excluding hydrogens is 194 g/mol. The van der Waals surface area contributed by atoms with Gasteiger partial charge in [-0.2, -0.15) is 0 Å². The summed E-state index contributed by atoms with van der Waals surface area (Å²) in [5.41, 5.74) is 0.781. The third kappa shape index (κ3) is 1.38. The number of aryl methyl sites for hydroxylation is 2. The Morgan fingerprint density at radius 2 is 2.25 bits per heavy atom. The van der Waals surface area contributed by atoms with E-state index in [0.29, 0.717) is 12.2 Å². The molecule has 12 heavy (non-hydrogen) atoms. The van der Waals surface area contributed by atoms with Crippen LogP contribution in [0.15, 0.2) is 0 Å². The molecule has 0 unspecified atom stereocenters. The summed E-state index contributed by atoms with van der Waals surface area (Å²) in [4.78, 5) is 5.34. The molecule has 0 saturated heterocycles. The molecule has 0 aromatic carbocycles. The number of fused-ring (bicyclic) bond motifs is 1. The lowest BCUT2D eigenvalue weighted by Gasteiger charge is -2.09. The van der Waals surface area contributed by atoms with Gasteiger partial charge in [-0.05, 0) is 13.3 Å². The quantitative estimate of drug-likeness (QED) is 0.630. The smallest absolute Gasteiger partial charge is 0.156 e. The van der Waals surface area contributed by atoms with Gasteiger partial charge in [-0.25, -0.2) is 13.4 Å². The van der Waals surface area contributed by atoms with Crippen LogP contribution in [-0.4, -0.2) is 19.2 Å². The maximum atomic E-state index is 11.2. The Kier molecular flexibility index (Phi) is 1.73. The van der Waals surface area contributed by atoms with Gasteiger partial charge in [0.2, 0.25) is 0 Å². The predicted molar refractivity (Wildman–Crippen MR) is 48.0 cm³/mol. The summed E-state index contributed by atoms with van der Waals surface area (Å²) in [6, 6.07) is 0. The number of nitrogens with zero attached hydrogens (tertiary/aromatic N) is 1. The van der Waals surface area contributed by atoms with Crippen molar-refractivity contribution in [1.29, 1.82) is 0 Å². The van der Waals surface area contributed by atoms with E-state index in [4.69, 9.17) is 0 Å². The lowest BCUT2D eigenvalue weighted by Crippen LogP contribution is -2.17. The Morgan fingerprint density at radius 3 is 3.00 bits per heavy atom. The van der Waals surface area contributed by atoms with Crippen LogP contribution in [0.5, 0.6) is 0 Å². The standard InChI is InChI=1S/C7H9NO2S2/c1-5-8-6-4-12(9,10)3-2-7(6)11-5/h2-4H2,1H3. The van der Waals surface area contributed by atoms with Crippen molar-refractivity contribution in [3.05, 3.63) is 15.6 Å². The molecule has 0 saturated carbocycles. The second-order valence-corrected chi connectivity index (χ2v) is 6.42. The van der Waals surface area contributed by atoms with Crippen molar-refractivity contribution in [1.82, 2.24) is 4.98 Å². The van der Waals surface area contributed by atoms with Crippen molar-refractivity contribution in [3.8, 4) is 0 Å². The van der Waals surface area contributed by atoms with E-state index in [1.54, 1.807) is 11.3 Å². The van der Waals surface area contributed by atoms with E-state index >= 15 is 0 Å². The lowest BCUT2D eigenvalue weighted by molar-refractivity contribution is 0.591. The maximum absolute atomic E-state index is 11.2. The number of sulfone groups is 1. The van der Waals surface area contributed by atoms with E-state index in [0.717, 1.165) is 15.6 Å². The van der Waals surface area contributed by atoms with E-state index in [1.807, 2.05) is 6.92 Å². The Morgan fingerprint density at radius 1 is 1.50 bits per heavy atom. The van der Waals surface area contributed by atoms with E-state index < -0.39 is 9.84 Å². The van der Waals surface area contributed by atoms with Gasteiger partial charge in [-0.1, -0.05) is 0 Å². The summed E-state index contributed by atoms with van der Waals surface area (Å²) in [5.74, 6) is 0.439. The van der Waals surface area contributed by atoms with Crippen molar-refractivity contribution < 1.29 is 8.42 Å². The zero-order valence-corrected chi connectivity index (χ0v) is 8.33. The highest BCUT2D eigenvalue weighted by molar-refractivity contribution is 7.90. The van der Waals surface area contributed by atoms with Crippen molar-refractivity contribution in [2.24, 2.45) is 0 Å². The fourth-order valence-corrected chi connectivity index (χ4v) is 3.84. The maximum Gasteiger partial charge on any atom is 0.156 e. The molecule has 1 aliphatic heterocycles. The molecule has 0 bridgehead atoms. The molecule has 0 radical (unpaired) electrons. The summed E-state index contributed by atoms with van der Waals surface area (Å²) < 4.78 is 22.4. The van der Waals surface area contributed by atoms with Crippen LogP contribution in [-0.2, 0) is 22.0 Å². The minimum absolute atomic E-state index is 0.146. The molecular formula is C7H9NO2S2. The molecule has 0 atom stereocenters. The van der Waals surface area contributed by atoms with Gasteiger partial charge < -0.3 is 0 Å². The highest BCUT2D eigenvalue weighted by Gasteiger charge is 2.23. The normalized spacial score (nSPS) is 20.4. The van der Waals surface area contributed by atoms with Crippen LogP contribution >= 0.6 is 11.3 Å². The molecule has 2 rings (SSSR count). The van der Waals surface area contributed by atoms with Crippen LogP contribution in [0.3, 0.4) is 0 Å². The number of hydrogen-bond acceptors (Lipinski definition) is 4. The SMILES string of the molecule is Cc1nc2c(s1)CCS(=O)(=O)C2. The Balaban J connectivity index is 2.47. The van der Waals surface area contributed by atoms with Crippen molar-refractivity contribution in [2.75, 3.05) is 5.75 Å². The van der Waals surface area contributed by atoms with Gasteiger partial charge in [0.05, 0.1) is 22.2 Å². The third-order valence-electron chi connectivity index (χ3n) is 1.88. The summed E-state index contributed by atoms with van der Waals surface area (Å²) in [6.07, 6.45) is 0.656. The fourth-order valence-electron chi connectivity index (χ4n) is 1.35. The van der Waals surface area contributed by atoms with Gasteiger partial charge in [-0.15, -0.1) is 11.3 Å². The molecule has 0 aliphatic carbocycles. The van der Waals surface area contributed by atoms with Crippen LogP contribution in [0.25, 0.3) is 0 Å². The van der Waals surface area contributed by atoms with E-state index in [1.165, 1.54) is 0 Å². The number of aromatic nitrogens is 1. The summed E-state index contributed by atoms with van der Waals surface area (Å²) in [5, 5.41) is 0.970. The predicted octanol–water partition coefficient (Wildman–Crippen LogP) is 0.922. The zero-order chi connectivity index (χ0) is 8.77. The van der Waals surface area contributed by atoms with Crippen molar-refractivity contribution in [3.63, 3.8) is 0 Å². The second kappa shape index (κ2) is 2.53. The summed E-state index contributed by atoms with van der Waals surface area (Å²) in [6.45, 7) is 1.91. The van der Waals surface area contributed by atoms with Gasteiger partial charge in [0.15, 0.2) is 9.84 Å². The van der Waals surface area contributed by atoms with Crippen LogP contribution in [0.4, 0.5) is 0 Å². The third-order valence-corrected chi connectivity index (χ3v) is 4.49. The highest BCUT2D eigenvalue weighted by Crippen LogP contribution is 2.25. The average molecular weight is 203 g/mol. The minimum Gasteiger partial charge on any atom is -0.245 e. The van der Waals surface area contributed by atoms with E-state index in [2.05, 4.69) is 4.98 Å². The Hall–Kier alpha value is -0.420. The number of hydrogen-bond donors (Lipinski definition) is 0. The van der Waals surface area contributed by atoms with E-state index in [-0.39, 0.29) is 5.75 Å². The molecule has 0 amide bonds. The van der Waals surface area contributed by atoms with Gasteiger partial charge in [-0.3, -0.25) is 0 Å². The van der Waals surface area contributed by atoms with Crippen LogP contribution in [0, 0.1) is 6.92 Å².